The summed E-state index contributed by atoms with van der Waals surface area (Å²) in [6.07, 6.45) is -1.33. The SMILES string of the molecule is CC(CCCC(F)(F)F)NCC(C)N1CCCC1. The zero-order chi connectivity index (χ0) is 13.6. The van der Waals surface area contributed by atoms with Crippen molar-refractivity contribution in [1.82, 2.24) is 10.2 Å². The van der Waals surface area contributed by atoms with Crippen molar-refractivity contribution in [2.24, 2.45) is 0 Å². The summed E-state index contributed by atoms with van der Waals surface area (Å²) in [6, 6.07) is 0.648. The Morgan fingerprint density at radius 2 is 1.78 bits per heavy atom. The Morgan fingerprint density at radius 1 is 1.17 bits per heavy atom. The molecule has 1 heterocycles. The highest BCUT2D eigenvalue weighted by Crippen LogP contribution is 2.22. The average Bonchev–Trinajstić information content (AvgIpc) is 2.77. The molecule has 0 aromatic carbocycles. The second kappa shape index (κ2) is 7.34. The fourth-order valence-corrected chi connectivity index (χ4v) is 2.39. The van der Waals surface area contributed by atoms with Crippen LogP contribution in [0.1, 0.15) is 46.0 Å². The van der Waals surface area contributed by atoms with Gasteiger partial charge in [0.05, 0.1) is 0 Å². The molecule has 5 heteroatoms. The first-order chi connectivity index (χ1) is 8.38. The Kier molecular flexibility index (Phi) is 6.43. The summed E-state index contributed by atoms with van der Waals surface area (Å²) in [7, 11) is 0. The first kappa shape index (κ1) is 15.8. The van der Waals surface area contributed by atoms with Crippen LogP contribution in [0.3, 0.4) is 0 Å². The monoisotopic (exact) mass is 266 g/mol. The van der Waals surface area contributed by atoms with Gasteiger partial charge >= 0.3 is 6.18 Å². The molecule has 2 nitrogen and oxygen atoms in total. The number of nitrogens with one attached hydrogen (secondary N) is 1. The maximum Gasteiger partial charge on any atom is 0.389 e. The van der Waals surface area contributed by atoms with Crippen LogP contribution >= 0.6 is 0 Å². The third-order valence-corrected chi connectivity index (χ3v) is 3.62. The minimum Gasteiger partial charge on any atom is -0.313 e. The third-order valence-electron chi connectivity index (χ3n) is 3.62. The van der Waals surface area contributed by atoms with Crippen LogP contribution in [-0.4, -0.2) is 42.8 Å². The van der Waals surface area contributed by atoms with Gasteiger partial charge in [-0.05, 0) is 52.6 Å². The third kappa shape index (κ3) is 6.59. The predicted octanol–water partition coefficient (Wildman–Crippen LogP) is 3.18. The highest BCUT2D eigenvalue weighted by atomic mass is 19.4. The van der Waals surface area contributed by atoms with E-state index in [9.17, 15) is 13.2 Å². The maximum absolute atomic E-state index is 12.0. The first-order valence-corrected chi connectivity index (χ1v) is 6.92. The average molecular weight is 266 g/mol. The molecule has 1 saturated heterocycles. The number of alkyl halides is 3. The Hall–Kier alpha value is -0.290. The van der Waals surface area contributed by atoms with E-state index < -0.39 is 12.6 Å². The molecule has 0 spiro atoms. The molecule has 1 N–H and O–H groups in total. The first-order valence-electron chi connectivity index (χ1n) is 6.92. The molecule has 18 heavy (non-hydrogen) atoms. The number of hydrogen-bond donors (Lipinski definition) is 1. The second-order valence-corrected chi connectivity index (χ2v) is 5.41. The topological polar surface area (TPSA) is 15.3 Å². The van der Waals surface area contributed by atoms with Crippen LogP contribution < -0.4 is 5.32 Å². The van der Waals surface area contributed by atoms with Crippen molar-refractivity contribution in [3.63, 3.8) is 0 Å². The Labute approximate surface area is 108 Å². The van der Waals surface area contributed by atoms with Crippen LogP contribution in [-0.2, 0) is 0 Å². The Morgan fingerprint density at radius 3 is 2.33 bits per heavy atom. The van der Waals surface area contributed by atoms with Gasteiger partial charge in [-0.25, -0.2) is 0 Å². The molecule has 108 valence electrons. The number of likely N-dealkylation sites (tertiary alicyclic amines) is 1. The summed E-state index contributed by atoms with van der Waals surface area (Å²) in [4.78, 5) is 2.44. The number of hydrogen-bond acceptors (Lipinski definition) is 2. The minimum absolute atomic E-state index is 0.164. The van der Waals surface area contributed by atoms with Crippen LogP contribution in [0.25, 0.3) is 0 Å². The number of nitrogens with zero attached hydrogens (tertiary/aromatic N) is 1. The van der Waals surface area contributed by atoms with E-state index in [1.807, 2.05) is 6.92 Å². The molecule has 0 amide bonds. The summed E-state index contributed by atoms with van der Waals surface area (Å²) >= 11 is 0. The molecule has 1 rings (SSSR count). The molecule has 2 atom stereocenters. The Balaban J connectivity index is 2.07. The quantitative estimate of drug-likeness (QED) is 0.761. The highest BCUT2D eigenvalue weighted by molar-refractivity contribution is 4.76. The number of halogens is 3. The van der Waals surface area contributed by atoms with E-state index in [0.29, 0.717) is 12.5 Å². The number of rotatable bonds is 7. The lowest BCUT2D eigenvalue weighted by Crippen LogP contribution is -2.41. The molecule has 0 radical (unpaired) electrons. The van der Waals surface area contributed by atoms with Gasteiger partial charge in [-0.1, -0.05) is 0 Å². The minimum atomic E-state index is -4.01. The fourth-order valence-electron chi connectivity index (χ4n) is 2.39. The smallest absolute Gasteiger partial charge is 0.313 e. The van der Waals surface area contributed by atoms with Crippen LogP contribution in [0.15, 0.2) is 0 Å². The van der Waals surface area contributed by atoms with Gasteiger partial charge in [-0.2, -0.15) is 13.2 Å². The van der Waals surface area contributed by atoms with Crippen LogP contribution in [0.4, 0.5) is 13.2 Å². The van der Waals surface area contributed by atoms with Crippen LogP contribution in [0.2, 0.25) is 0 Å². The molecule has 1 aliphatic heterocycles. The molecule has 0 saturated carbocycles. The van der Waals surface area contributed by atoms with Crippen molar-refractivity contribution in [2.75, 3.05) is 19.6 Å². The Bertz CT molecular complexity index is 225. The summed E-state index contributed by atoms with van der Waals surface area (Å²) in [5, 5.41) is 3.34. The van der Waals surface area contributed by atoms with E-state index in [-0.39, 0.29) is 12.5 Å². The normalized spacial score (nSPS) is 21.2. The highest BCUT2D eigenvalue weighted by Gasteiger charge is 2.26. The lowest BCUT2D eigenvalue weighted by molar-refractivity contribution is -0.135. The molecule has 0 aromatic heterocycles. The fraction of sp³-hybridized carbons (Fsp3) is 1.00. The summed E-state index contributed by atoms with van der Waals surface area (Å²) in [5.41, 5.74) is 0. The van der Waals surface area contributed by atoms with Gasteiger partial charge in [0.1, 0.15) is 0 Å². The molecular weight excluding hydrogens is 241 g/mol. The van der Waals surface area contributed by atoms with E-state index in [1.54, 1.807) is 0 Å². The molecular formula is C13H25F3N2. The van der Waals surface area contributed by atoms with Gasteiger partial charge in [0.2, 0.25) is 0 Å². The standard InChI is InChI=1S/C13H25F3N2/c1-11(6-5-7-13(14,15)16)17-10-12(2)18-8-3-4-9-18/h11-12,17H,3-10H2,1-2H3. The van der Waals surface area contributed by atoms with Crippen molar-refractivity contribution < 1.29 is 13.2 Å². The van der Waals surface area contributed by atoms with Gasteiger partial charge in [0.25, 0.3) is 0 Å². The van der Waals surface area contributed by atoms with E-state index in [0.717, 1.165) is 19.6 Å². The molecule has 1 aliphatic rings. The molecule has 0 bridgehead atoms. The van der Waals surface area contributed by atoms with Crippen LogP contribution in [0, 0.1) is 0 Å². The molecule has 0 aromatic rings. The zero-order valence-corrected chi connectivity index (χ0v) is 11.4. The van der Waals surface area contributed by atoms with Crippen molar-refractivity contribution in [3.05, 3.63) is 0 Å². The van der Waals surface area contributed by atoms with Gasteiger partial charge in [0.15, 0.2) is 0 Å². The lowest BCUT2D eigenvalue weighted by Gasteiger charge is -2.25. The van der Waals surface area contributed by atoms with Crippen molar-refractivity contribution in [3.8, 4) is 0 Å². The van der Waals surface area contributed by atoms with Crippen LogP contribution in [0.5, 0.6) is 0 Å². The van der Waals surface area contributed by atoms with Crippen molar-refractivity contribution in [1.29, 1.82) is 0 Å². The van der Waals surface area contributed by atoms with Gasteiger partial charge < -0.3 is 5.32 Å². The van der Waals surface area contributed by atoms with E-state index >= 15 is 0 Å². The van der Waals surface area contributed by atoms with Gasteiger partial charge in [-0.3, -0.25) is 4.90 Å². The molecule has 0 aliphatic carbocycles. The molecule has 2 unspecified atom stereocenters. The summed E-state index contributed by atoms with van der Waals surface area (Å²) in [6.45, 7) is 7.33. The largest absolute Gasteiger partial charge is 0.389 e. The molecule has 1 fully saturated rings. The zero-order valence-electron chi connectivity index (χ0n) is 11.4. The van der Waals surface area contributed by atoms with E-state index in [1.165, 1.54) is 12.8 Å². The lowest BCUT2D eigenvalue weighted by atomic mass is 10.1. The van der Waals surface area contributed by atoms with E-state index in [2.05, 4.69) is 17.1 Å². The maximum atomic E-state index is 12.0. The summed E-state index contributed by atoms with van der Waals surface area (Å²) < 4.78 is 36.0. The predicted molar refractivity (Wildman–Crippen MR) is 67.6 cm³/mol. The summed E-state index contributed by atoms with van der Waals surface area (Å²) in [5.74, 6) is 0. The van der Waals surface area contributed by atoms with Crippen molar-refractivity contribution >= 4 is 0 Å². The van der Waals surface area contributed by atoms with Gasteiger partial charge in [0, 0.05) is 25.0 Å². The second-order valence-electron chi connectivity index (χ2n) is 5.41. The van der Waals surface area contributed by atoms with Crippen molar-refractivity contribution in [2.45, 2.75) is 64.2 Å². The van der Waals surface area contributed by atoms with Gasteiger partial charge in [-0.15, -0.1) is 0 Å². The van der Waals surface area contributed by atoms with E-state index in [4.69, 9.17) is 0 Å².